The van der Waals surface area contributed by atoms with Crippen LogP contribution in [0.4, 0.5) is 4.39 Å². The van der Waals surface area contributed by atoms with Crippen molar-refractivity contribution < 1.29 is 18.5 Å². The number of benzene rings is 1. The topological polar surface area (TPSA) is 72.2 Å². The Morgan fingerprint density at radius 1 is 1.47 bits per heavy atom. The number of aromatic nitrogens is 2. The van der Waals surface area contributed by atoms with E-state index in [1.807, 2.05) is 0 Å². The Morgan fingerprint density at radius 2 is 2.21 bits per heavy atom. The number of nitrogens with zero attached hydrogens (tertiary/aromatic N) is 2. The van der Waals surface area contributed by atoms with Crippen LogP contribution in [0, 0.1) is 5.82 Å². The maximum atomic E-state index is 13.6. The van der Waals surface area contributed by atoms with Crippen LogP contribution in [0.5, 0.6) is 0 Å². The third-order valence-corrected chi connectivity index (χ3v) is 3.83. The minimum absolute atomic E-state index is 0.0425. The summed E-state index contributed by atoms with van der Waals surface area (Å²) in [4.78, 5) is 10.7. The van der Waals surface area contributed by atoms with Gasteiger partial charge in [0.25, 0.3) is 0 Å². The highest BCUT2D eigenvalue weighted by Gasteiger charge is 2.15. The van der Waals surface area contributed by atoms with E-state index >= 15 is 0 Å². The zero-order chi connectivity index (χ0) is 14.0. The summed E-state index contributed by atoms with van der Waals surface area (Å²) in [7, 11) is 0.0467. The van der Waals surface area contributed by atoms with E-state index in [0.717, 1.165) is 18.2 Å². The van der Waals surface area contributed by atoms with E-state index in [0.29, 0.717) is 5.69 Å². The molecule has 1 unspecified atom stereocenters. The zero-order valence-corrected chi connectivity index (χ0v) is 10.9. The summed E-state index contributed by atoms with van der Waals surface area (Å²) < 4.78 is 27.2. The molecule has 0 spiro atoms. The van der Waals surface area contributed by atoms with Gasteiger partial charge >= 0.3 is 5.97 Å². The lowest BCUT2D eigenvalue weighted by molar-refractivity contribution is 0.0696. The smallest absolute Gasteiger partial charge is 0.335 e. The van der Waals surface area contributed by atoms with Gasteiger partial charge in [-0.3, -0.25) is 8.89 Å². The fourth-order valence-electron chi connectivity index (χ4n) is 1.56. The van der Waals surface area contributed by atoms with Gasteiger partial charge < -0.3 is 5.11 Å². The molecule has 0 aliphatic heterocycles. The van der Waals surface area contributed by atoms with Crippen molar-refractivity contribution in [2.45, 2.75) is 10.6 Å². The highest BCUT2D eigenvalue weighted by Crippen LogP contribution is 2.17. The summed E-state index contributed by atoms with van der Waals surface area (Å²) in [5.74, 6) is -1.82. The molecule has 1 aromatic carbocycles. The Balaban J connectivity index is 2.27. The maximum absolute atomic E-state index is 13.6. The van der Waals surface area contributed by atoms with E-state index in [9.17, 15) is 13.4 Å². The second-order valence-electron chi connectivity index (χ2n) is 3.92. The van der Waals surface area contributed by atoms with E-state index < -0.39 is 22.6 Å². The molecule has 0 saturated carbocycles. The summed E-state index contributed by atoms with van der Waals surface area (Å²) in [6.45, 7) is 0. The lowest BCUT2D eigenvalue weighted by Crippen LogP contribution is -2.04. The second-order valence-corrected chi connectivity index (χ2v) is 5.34. The Bertz CT molecular complexity index is 654. The molecule has 5 nitrogen and oxygen atoms in total. The van der Waals surface area contributed by atoms with E-state index in [-0.39, 0.29) is 16.2 Å². The number of aromatic carboxylic acids is 1. The van der Waals surface area contributed by atoms with Crippen LogP contribution >= 0.6 is 0 Å². The van der Waals surface area contributed by atoms with Gasteiger partial charge in [0.1, 0.15) is 5.82 Å². The lowest BCUT2D eigenvalue weighted by atomic mass is 10.2. The molecule has 0 saturated heterocycles. The van der Waals surface area contributed by atoms with Gasteiger partial charge in [-0.15, -0.1) is 0 Å². The number of rotatable bonds is 4. The Kier molecular flexibility index (Phi) is 3.75. The van der Waals surface area contributed by atoms with Crippen molar-refractivity contribution in [2.75, 3.05) is 0 Å². The molecular weight excluding hydrogens is 271 g/mol. The summed E-state index contributed by atoms with van der Waals surface area (Å²) >= 11 is 0. The quantitative estimate of drug-likeness (QED) is 0.923. The maximum Gasteiger partial charge on any atom is 0.335 e. The highest BCUT2D eigenvalue weighted by molar-refractivity contribution is 7.84. The molecule has 0 aliphatic carbocycles. The summed E-state index contributed by atoms with van der Waals surface area (Å²) in [6, 6.07) is 4.92. The number of carbonyl (C=O) groups is 1. The zero-order valence-electron chi connectivity index (χ0n) is 10.0. The van der Waals surface area contributed by atoms with Crippen LogP contribution in [0.3, 0.4) is 0 Å². The van der Waals surface area contributed by atoms with Gasteiger partial charge in [-0.05, 0) is 24.3 Å². The van der Waals surface area contributed by atoms with E-state index in [1.54, 1.807) is 24.0 Å². The summed E-state index contributed by atoms with van der Waals surface area (Å²) in [5, 5.41) is 12.9. The first-order valence-corrected chi connectivity index (χ1v) is 6.69. The Labute approximate surface area is 111 Å². The van der Waals surface area contributed by atoms with Crippen LogP contribution in [0.1, 0.15) is 16.1 Å². The first-order valence-electron chi connectivity index (χ1n) is 5.37. The first kappa shape index (κ1) is 13.4. The van der Waals surface area contributed by atoms with Gasteiger partial charge in [-0.25, -0.2) is 9.18 Å². The molecule has 0 radical (unpaired) electrons. The minimum Gasteiger partial charge on any atom is -0.478 e. The van der Waals surface area contributed by atoms with Crippen LogP contribution in [0.25, 0.3) is 0 Å². The molecule has 2 rings (SSSR count). The molecule has 0 bridgehead atoms. The molecule has 2 aromatic rings. The van der Waals surface area contributed by atoms with Crippen LogP contribution in [-0.4, -0.2) is 25.1 Å². The molecule has 0 amide bonds. The number of halogens is 1. The molecule has 1 aromatic heterocycles. The molecule has 1 atom stereocenters. The molecule has 0 fully saturated rings. The second kappa shape index (κ2) is 5.31. The molecule has 100 valence electrons. The van der Waals surface area contributed by atoms with Gasteiger partial charge in [0.2, 0.25) is 0 Å². The Morgan fingerprint density at radius 3 is 2.79 bits per heavy atom. The molecule has 19 heavy (non-hydrogen) atoms. The number of carboxylic acid groups (broad SMARTS) is 1. The number of carboxylic acids is 1. The van der Waals surface area contributed by atoms with Crippen LogP contribution in [0.15, 0.2) is 35.4 Å². The van der Waals surface area contributed by atoms with E-state index in [4.69, 9.17) is 5.11 Å². The minimum atomic E-state index is -1.67. The largest absolute Gasteiger partial charge is 0.478 e. The number of hydrogen-bond acceptors (Lipinski definition) is 3. The van der Waals surface area contributed by atoms with Gasteiger partial charge in [-0.1, -0.05) is 0 Å². The van der Waals surface area contributed by atoms with Crippen molar-refractivity contribution in [1.29, 1.82) is 0 Å². The van der Waals surface area contributed by atoms with E-state index in [2.05, 4.69) is 5.10 Å². The van der Waals surface area contributed by atoms with Crippen molar-refractivity contribution in [2.24, 2.45) is 7.05 Å². The fourth-order valence-corrected chi connectivity index (χ4v) is 2.69. The predicted octanol–water partition coefficient (Wildman–Crippen LogP) is 1.57. The van der Waals surface area contributed by atoms with Crippen molar-refractivity contribution in [3.63, 3.8) is 0 Å². The molecule has 1 heterocycles. The highest BCUT2D eigenvalue weighted by atomic mass is 32.2. The van der Waals surface area contributed by atoms with Crippen LogP contribution in [0.2, 0.25) is 0 Å². The third-order valence-electron chi connectivity index (χ3n) is 2.47. The molecule has 0 aliphatic rings. The lowest BCUT2D eigenvalue weighted by Gasteiger charge is -2.03. The Hall–Kier alpha value is -2.02. The monoisotopic (exact) mass is 282 g/mol. The van der Waals surface area contributed by atoms with Crippen LogP contribution in [-0.2, 0) is 23.6 Å². The molecule has 1 N–H and O–H groups in total. The van der Waals surface area contributed by atoms with Gasteiger partial charge in [-0.2, -0.15) is 5.10 Å². The first-order chi connectivity index (χ1) is 8.97. The predicted molar refractivity (Wildman–Crippen MR) is 66.7 cm³/mol. The van der Waals surface area contributed by atoms with Crippen molar-refractivity contribution in [1.82, 2.24) is 9.78 Å². The van der Waals surface area contributed by atoms with E-state index in [1.165, 1.54) is 0 Å². The van der Waals surface area contributed by atoms with Crippen LogP contribution < -0.4 is 0 Å². The normalized spacial score (nSPS) is 12.3. The van der Waals surface area contributed by atoms with Crippen molar-refractivity contribution in [3.8, 4) is 0 Å². The number of hydrogen-bond donors (Lipinski definition) is 1. The SMILES string of the molecule is Cn1ccc(CS(=O)c2cc(C(=O)O)ccc2F)n1. The van der Waals surface area contributed by atoms with Crippen molar-refractivity contribution >= 4 is 16.8 Å². The molecular formula is C12H11FN2O3S. The fraction of sp³-hybridized carbons (Fsp3) is 0.167. The third kappa shape index (κ3) is 3.05. The van der Waals surface area contributed by atoms with Gasteiger partial charge in [0.05, 0.1) is 32.7 Å². The summed E-state index contributed by atoms with van der Waals surface area (Å²) in [5.41, 5.74) is 0.465. The standard InChI is InChI=1S/C12H11FN2O3S/c1-15-5-4-9(14-15)7-19(18)11-6-8(12(16)17)2-3-10(11)13/h2-6H,7H2,1H3,(H,16,17). The average Bonchev–Trinajstić information content (AvgIpc) is 2.74. The van der Waals surface area contributed by atoms with Gasteiger partial charge in [0.15, 0.2) is 0 Å². The van der Waals surface area contributed by atoms with Gasteiger partial charge in [0, 0.05) is 13.2 Å². The summed E-state index contributed by atoms with van der Waals surface area (Å²) in [6.07, 6.45) is 1.69. The molecule has 7 heteroatoms. The van der Waals surface area contributed by atoms with Crippen molar-refractivity contribution in [3.05, 3.63) is 47.5 Å². The average molecular weight is 282 g/mol. The number of aryl methyl sites for hydroxylation is 1.